The number of halogens is 2. The van der Waals surface area contributed by atoms with Gasteiger partial charge in [0.25, 0.3) is 5.91 Å². The van der Waals surface area contributed by atoms with Crippen molar-refractivity contribution < 1.29 is 14.4 Å². The molecule has 0 radical (unpaired) electrons. The molecular weight excluding hydrogens is 645 g/mol. The number of H-pyrrole nitrogens is 1. The first-order chi connectivity index (χ1) is 22.5. The molecule has 2 heterocycles. The van der Waals surface area contributed by atoms with Gasteiger partial charge in [0.05, 0.1) is 33.8 Å². The first-order valence-corrected chi connectivity index (χ1v) is 15.8. The summed E-state index contributed by atoms with van der Waals surface area (Å²) in [6.07, 6.45) is 2.50. The fourth-order valence-electron chi connectivity index (χ4n) is 4.87. The molecule has 0 atom stereocenters. The number of fused-ring (bicyclic) bond motifs is 1. The summed E-state index contributed by atoms with van der Waals surface area (Å²) >= 11 is 12.1. The number of carbonyl (C=O) groups excluding carboxylic acids is 3. The Bertz CT molecular complexity index is 1740. The van der Waals surface area contributed by atoms with E-state index in [0.29, 0.717) is 83.1 Å². The van der Waals surface area contributed by atoms with Gasteiger partial charge >= 0.3 is 0 Å². The number of nitrogens with one attached hydrogen (secondary N) is 3. The standard InChI is InChI=1S/C31H39Cl2N11O3/c1-41(2)12-13-44(19-45)26-16-22(43(10-8-32)11-9-33)5-7-24(26)40-30(47)20-4-6-23-25(14-20)39-29(38-23)27-15-21(18-42(27)3)37-28(46)17-36-31(34)35/h4-7,14-16,18-19H,8-13,17H2,1-3H3,(H,37,46)(H,38,39)(H,40,47)(H4,34,35,36). The van der Waals surface area contributed by atoms with Crippen LogP contribution in [0.5, 0.6) is 0 Å². The molecule has 14 nitrogen and oxygen atoms in total. The van der Waals surface area contributed by atoms with E-state index in [1.165, 1.54) is 0 Å². The van der Waals surface area contributed by atoms with Gasteiger partial charge in [0.1, 0.15) is 6.54 Å². The van der Waals surface area contributed by atoms with Crippen LogP contribution in [0.25, 0.3) is 22.6 Å². The molecule has 0 saturated heterocycles. The zero-order valence-electron chi connectivity index (χ0n) is 26.5. The highest BCUT2D eigenvalue weighted by Gasteiger charge is 2.19. The van der Waals surface area contributed by atoms with Crippen molar-refractivity contribution in [3.8, 4) is 11.5 Å². The number of likely N-dealkylation sites (N-methyl/N-ethyl adjacent to an activating group) is 1. The Morgan fingerprint density at radius 3 is 2.43 bits per heavy atom. The number of aromatic amines is 1. The number of amides is 3. The summed E-state index contributed by atoms with van der Waals surface area (Å²) < 4.78 is 1.81. The van der Waals surface area contributed by atoms with Crippen LogP contribution < -0.4 is 31.9 Å². The number of benzene rings is 2. The Morgan fingerprint density at radius 2 is 1.77 bits per heavy atom. The number of hydrogen-bond acceptors (Lipinski definition) is 7. The Kier molecular flexibility index (Phi) is 12.1. The highest BCUT2D eigenvalue weighted by Crippen LogP contribution is 2.32. The minimum Gasteiger partial charge on any atom is -0.370 e. The van der Waals surface area contributed by atoms with E-state index in [-0.39, 0.29) is 24.3 Å². The van der Waals surface area contributed by atoms with Crippen LogP contribution in [0.4, 0.5) is 22.7 Å². The molecule has 0 unspecified atom stereocenters. The van der Waals surface area contributed by atoms with Crippen LogP contribution in [0.2, 0.25) is 0 Å². The van der Waals surface area contributed by atoms with E-state index in [0.717, 1.165) is 12.1 Å². The number of nitrogens with zero attached hydrogens (tertiary/aromatic N) is 6. The summed E-state index contributed by atoms with van der Waals surface area (Å²) in [6.45, 7) is 1.98. The van der Waals surface area contributed by atoms with E-state index in [1.54, 1.807) is 41.4 Å². The smallest absolute Gasteiger partial charge is 0.255 e. The highest BCUT2D eigenvalue weighted by molar-refractivity contribution is 6.18. The largest absolute Gasteiger partial charge is 0.370 e. The number of carbonyl (C=O) groups is 3. The van der Waals surface area contributed by atoms with E-state index >= 15 is 0 Å². The van der Waals surface area contributed by atoms with Crippen LogP contribution in [-0.4, -0.2) is 102 Å². The fourth-order valence-corrected chi connectivity index (χ4v) is 5.28. The number of anilines is 4. The van der Waals surface area contributed by atoms with Crippen LogP contribution in [0.1, 0.15) is 10.4 Å². The van der Waals surface area contributed by atoms with Crippen LogP contribution in [-0.2, 0) is 16.6 Å². The second-order valence-corrected chi connectivity index (χ2v) is 11.7. The molecule has 0 bridgehead atoms. The van der Waals surface area contributed by atoms with Crippen LogP contribution in [0.3, 0.4) is 0 Å². The summed E-state index contributed by atoms with van der Waals surface area (Å²) in [7, 11) is 5.67. The highest BCUT2D eigenvalue weighted by atomic mass is 35.5. The van der Waals surface area contributed by atoms with E-state index in [4.69, 9.17) is 34.7 Å². The van der Waals surface area contributed by atoms with Crippen LogP contribution in [0, 0.1) is 0 Å². The van der Waals surface area contributed by atoms with E-state index in [2.05, 4.69) is 25.6 Å². The van der Waals surface area contributed by atoms with Gasteiger partial charge in [-0.2, -0.15) is 0 Å². The van der Waals surface area contributed by atoms with Gasteiger partial charge in [0.15, 0.2) is 11.8 Å². The summed E-state index contributed by atoms with van der Waals surface area (Å²) in [6, 6.07) is 12.4. The molecule has 7 N–H and O–H groups in total. The third-order valence-electron chi connectivity index (χ3n) is 7.21. The molecule has 0 saturated carbocycles. The number of aliphatic imine (C=N–C) groups is 1. The Labute approximate surface area is 282 Å². The van der Waals surface area contributed by atoms with Gasteiger partial charge in [0, 0.05) is 62.4 Å². The lowest BCUT2D eigenvalue weighted by molar-refractivity contribution is -0.114. The third kappa shape index (κ3) is 9.15. The van der Waals surface area contributed by atoms with Gasteiger partial charge in [0.2, 0.25) is 12.3 Å². The number of nitrogens with two attached hydrogens (primary N) is 2. The minimum absolute atomic E-state index is 0.168. The second-order valence-electron chi connectivity index (χ2n) is 11.0. The van der Waals surface area contributed by atoms with Crippen LogP contribution >= 0.6 is 23.2 Å². The van der Waals surface area contributed by atoms with E-state index in [1.807, 2.05) is 47.6 Å². The van der Waals surface area contributed by atoms with E-state index < -0.39 is 0 Å². The average molecular weight is 685 g/mol. The number of aryl methyl sites for hydroxylation is 1. The fraction of sp³-hybridized carbons (Fsp3) is 0.323. The predicted octanol–water partition coefficient (Wildman–Crippen LogP) is 2.84. The number of hydrogen-bond donors (Lipinski definition) is 5. The monoisotopic (exact) mass is 683 g/mol. The average Bonchev–Trinajstić information content (AvgIpc) is 3.62. The van der Waals surface area contributed by atoms with Crippen molar-refractivity contribution in [2.75, 3.05) is 79.0 Å². The Hall–Kier alpha value is -4.79. The Morgan fingerprint density at radius 1 is 1.02 bits per heavy atom. The maximum absolute atomic E-state index is 13.6. The van der Waals surface area contributed by atoms with Crippen molar-refractivity contribution in [3.05, 3.63) is 54.2 Å². The molecule has 0 aliphatic heterocycles. The number of alkyl halides is 2. The number of guanidine groups is 1. The molecule has 0 aliphatic rings. The minimum atomic E-state index is -0.370. The second kappa shape index (κ2) is 16.2. The lowest BCUT2D eigenvalue weighted by Crippen LogP contribution is -2.32. The molecule has 0 spiro atoms. The normalized spacial score (nSPS) is 11.0. The van der Waals surface area contributed by atoms with E-state index in [9.17, 15) is 14.4 Å². The molecule has 250 valence electrons. The summed E-state index contributed by atoms with van der Waals surface area (Å²) in [5.74, 6) is 0.456. The molecule has 2 aromatic carbocycles. The Balaban J connectivity index is 1.59. The van der Waals surface area contributed by atoms with Crippen LogP contribution in [0.15, 0.2) is 53.7 Å². The third-order valence-corrected chi connectivity index (χ3v) is 7.55. The number of aromatic nitrogens is 3. The van der Waals surface area contributed by atoms with Crippen molar-refractivity contribution in [2.24, 2.45) is 23.5 Å². The van der Waals surface area contributed by atoms with Crippen molar-refractivity contribution >= 4 is 81.2 Å². The molecule has 4 aromatic rings. The summed E-state index contributed by atoms with van der Waals surface area (Å²) in [5.41, 5.74) is 15.4. The molecule has 47 heavy (non-hydrogen) atoms. The number of rotatable bonds is 16. The van der Waals surface area contributed by atoms with Gasteiger partial charge < -0.3 is 46.4 Å². The summed E-state index contributed by atoms with van der Waals surface area (Å²) in [4.78, 5) is 55.2. The molecule has 3 amide bonds. The SMILES string of the molecule is CN(C)CCN(C=O)c1cc(N(CCCl)CCCl)ccc1NC(=O)c1ccc2nc(-c3cc(NC(=O)CN=C(N)N)cn3C)[nH]c2c1. The van der Waals surface area contributed by atoms with Crippen molar-refractivity contribution in [3.63, 3.8) is 0 Å². The molecule has 0 fully saturated rings. The zero-order valence-corrected chi connectivity index (χ0v) is 28.0. The maximum atomic E-state index is 13.6. The first-order valence-electron chi connectivity index (χ1n) is 14.7. The molecule has 0 aliphatic carbocycles. The van der Waals surface area contributed by atoms with Crippen molar-refractivity contribution in [1.82, 2.24) is 19.4 Å². The van der Waals surface area contributed by atoms with Gasteiger partial charge in [-0.15, -0.1) is 23.2 Å². The van der Waals surface area contributed by atoms with Gasteiger partial charge in [-0.3, -0.25) is 14.4 Å². The van der Waals surface area contributed by atoms with Crippen molar-refractivity contribution in [2.45, 2.75) is 0 Å². The molecule has 16 heteroatoms. The van der Waals surface area contributed by atoms with Gasteiger partial charge in [-0.1, -0.05) is 0 Å². The molecule has 4 rings (SSSR count). The molecule has 2 aromatic heterocycles. The lowest BCUT2D eigenvalue weighted by atomic mass is 10.1. The number of imidazole rings is 1. The summed E-state index contributed by atoms with van der Waals surface area (Å²) in [5, 5.41) is 5.73. The lowest BCUT2D eigenvalue weighted by Gasteiger charge is -2.27. The quantitative estimate of drug-likeness (QED) is 0.0517. The van der Waals surface area contributed by atoms with Crippen molar-refractivity contribution in [1.29, 1.82) is 0 Å². The first kappa shape index (κ1) is 35.1. The maximum Gasteiger partial charge on any atom is 0.255 e. The van der Waals surface area contributed by atoms with Gasteiger partial charge in [-0.25, -0.2) is 9.98 Å². The predicted molar refractivity (Wildman–Crippen MR) is 190 cm³/mol. The topological polar surface area (TPSA) is 183 Å². The zero-order chi connectivity index (χ0) is 34.1. The molecular formula is C31H39Cl2N11O3. The van der Waals surface area contributed by atoms with Gasteiger partial charge in [-0.05, 0) is 56.6 Å².